The fourth-order valence-electron chi connectivity index (χ4n) is 2.89. The number of hydrogen-bond acceptors (Lipinski definition) is 2. The average Bonchev–Trinajstić information content (AvgIpc) is 2.97. The molecule has 1 aliphatic heterocycles. The Morgan fingerprint density at radius 3 is 2.81 bits per heavy atom. The van der Waals surface area contributed by atoms with Crippen molar-refractivity contribution in [1.82, 2.24) is 5.32 Å². The molecule has 2 fully saturated rings. The summed E-state index contributed by atoms with van der Waals surface area (Å²) in [5.41, 5.74) is 0. The average molecular weight is 225 g/mol. The van der Waals surface area contributed by atoms with Crippen LogP contribution in [0, 0.1) is 11.8 Å². The molecule has 4 atom stereocenters. The molecule has 0 amide bonds. The topological polar surface area (TPSA) is 21.3 Å². The number of rotatable bonds is 5. The van der Waals surface area contributed by atoms with Crippen LogP contribution in [-0.2, 0) is 4.74 Å². The Balaban J connectivity index is 1.70. The van der Waals surface area contributed by atoms with E-state index < -0.39 is 0 Å². The van der Waals surface area contributed by atoms with Crippen molar-refractivity contribution in [3.63, 3.8) is 0 Å². The van der Waals surface area contributed by atoms with Gasteiger partial charge in [-0.15, -0.1) is 0 Å². The van der Waals surface area contributed by atoms with E-state index in [0.717, 1.165) is 18.6 Å². The lowest BCUT2D eigenvalue weighted by atomic mass is 9.95. The van der Waals surface area contributed by atoms with Gasteiger partial charge in [0.25, 0.3) is 0 Å². The summed E-state index contributed by atoms with van der Waals surface area (Å²) in [6.07, 6.45) is 7.07. The highest BCUT2D eigenvalue weighted by Gasteiger charge is 2.38. The molecule has 0 bridgehead atoms. The smallest absolute Gasteiger partial charge is 0.0612 e. The number of ether oxygens (including phenoxy) is 1. The zero-order valence-electron chi connectivity index (χ0n) is 11.0. The lowest BCUT2D eigenvalue weighted by Crippen LogP contribution is -2.42. The highest BCUT2D eigenvalue weighted by molar-refractivity contribution is 4.95. The summed E-state index contributed by atoms with van der Waals surface area (Å²) in [7, 11) is 0. The van der Waals surface area contributed by atoms with Crippen LogP contribution < -0.4 is 5.32 Å². The van der Waals surface area contributed by atoms with Crippen LogP contribution in [0.15, 0.2) is 0 Å². The van der Waals surface area contributed by atoms with Crippen LogP contribution in [0.2, 0.25) is 0 Å². The van der Waals surface area contributed by atoms with Gasteiger partial charge in [-0.2, -0.15) is 0 Å². The highest BCUT2D eigenvalue weighted by Crippen LogP contribution is 2.36. The summed E-state index contributed by atoms with van der Waals surface area (Å²) in [5, 5.41) is 3.83. The van der Waals surface area contributed by atoms with Crippen LogP contribution in [-0.4, -0.2) is 24.8 Å². The molecule has 1 saturated carbocycles. The van der Waals surface area contributed by atoms with E-state index in [-0.39, 0.29) is 0 Å². The van der Waals surface area contributed by atoms with Crippen molar-refractivity contribution in [2.45, 2.75) is 71.1 Å². The Morgan fingerprint density at radius 2 is 2.12 bits per heavy atom. The Kier molecular flexibility index (Phi) is 4.26. The maximum absolute atomic E-state index is 5.81. The van der Waals surface area contributed by atoms with Gasteiger partial charge in [0.1, 0.15) is 0 Å². The molecular formula is C14H27NO. The van der Waals surface area contributed by atoms with Crippen LogP contribution in [0.1, 0.15) is 52.9 Å². The minimum Gasteiger partial charge on any atom is -0.378 e. The van der Waals surface area contributed by atoms with Crippen LogP contribution in [0.3, 0.4) is 0 Å². The first-order chi connectivity index (χ1) is 7.70. The van der Waals surface area contributed by atoms with Gasteiger partial charge in [-0.3, -0.25) is 0 Å². The fourth-order valence-corrected chi connectivity index (χ4v) is 2.89. The van der Waals surface area contributed by atoms with Crippen LogP contribution in [0.4, 0.5) is 0 Å². The molecule has 2 heteroatoms. The molecule has 0 spiro atoms. The van der Waals surface area contributed by atoms with E-state index in [1.54, 1.807) is 0 Å². The summed E-state index contributed by atoms with van der Waals surface area (Å²) < 4.78 is 5.81. The molecule has 2 nitrogen and oxygen atoms in total. The van der Waals surface area contributed by atoms with Gasteiger partial charge in [0.15, 0.2) is 0 Å². The summed E-state index contributed by atoms with van der Waals surface area (Å²) in [6.45, 7) is 7.78. The van der Waals surface area contributed by atoms with Crippen LogP contribution >= 0.6 is 0 Å². The highest BCUT2D eigenvalue weighted by atomic mass is 16.5. The molecule has 1 heterocycles. The third-order valence-electron chi connectivity index (χ3n) is 4.09. The summed E-state index contributed by atoms with van der Waals surface area (Å²) >= 11 is 0. The van der Waals surface area contributed by atoms with E-state index in [1.807, 2.05) is 0 Å². The molecule has 2 rings (SSSR count). The first-order valence-corrected chi connectivity index (χ1v) is 7.08. The second-order valence-electron chi connectivity index (χ2n) is 5.93. The predicted molar refractivity (Wildman–Crippen MR) is 67.5 cm³/mol. The maximum atomic E-state index is 5.81. The van der Waals surface area contributed by atoms with Crippen molar-refractivity contribution >= 4 is 0 Å². The zero-order valence-corrected chi connectivity index (χ0v) is 11.0. The third kappa shape index (κ3) is 3.21. The van der Waals surface area contributed by atoms with Crippen molar-refractivity contribution in [1.29, 1.82) is 0 Å². The summed E-state index contributed by atoms with van der Waals surface area (Å²) in [6, 6.07) is 1.55. The second-order valence-corrected chi connectivity index (χ2v) is 5.93. The summed E-state index contributed by atoms with van der Waals surface area (Å²) in [5.74, 6) is 1.64. The SMILES string of the molecule is CCCC1CC1NC1CCOC(C(C)C)C1. The van der Waals surface area contributed by atoms with E-state index in [4.69, 9.17) is 4.74 Å². The molecule has 1 saturated heterocycles. The lowest BCUT2D eigenvalue weighted by molar-refractivity contribution is -0.0247. The van der Waals surface area contributed by atoms with Gasteiger partial charge in [-0.1, -0.05) is 27.2 Å². The fraction of sp³-hybridized carbons (Fsp3) is 1.00. The number of nitrogens with one attached hydrogen (secondary N) is 1. The molecule has 16 heavy (non-hydrogen) atoms. The van der Waals surface area contributed by atoms with Crippen molar-refractivity contribution in [3.05, 3.63) is 0 Å². The second kappa shape index (κ2) is 5.50. The van der Waals surface area contributed by atoms with E-state index in [9.17, 15) is 0 Å². The van der Waals surface area contributed by atoms with Crippen molar-refractivity contribution in [2.24, 2.45) is 11.8 Å². The Hall–Kier alpha value is -0.0800. The molecule has 0 aromatic carbocycles. The molecular weight excluding hydrogens is 198 g/mol. The standard InChI is InChI=1S/C14H27NO/c1-4-5-11-8-13(11)15-12-6-7-16-14(9-12)10(2)3/h10-15H,4-9H2,1-3H3. The first kappa shape index (κ1) is 12.4. The Labute approximate surface area is 100 Å². The van der Waals surface area contributed by atoms with Gasteiger partial charge in [-0.05, 0) is 37.5 Å². The minimum atomic E-state index is 0.481. The number of hydrogen-bond donors (Lipinski definition) is 1. The minimum absolute atomic E-state index is 0.481. The zero-order chi connectivity index (χ0) is 11.5. The van der Waals surface area contributed by atoms with E-state index in [1.165, 1.54) is 32.1 Å². The Morgan fingerprint density at radius 1 is 1.31 bits per heavy atom. The molecule has 0 aromatic heterocycles. The van der Waals surface area contributed by atoms with Gasteiger partial charge in [0.05, 0.1) is 6.10 Å². The molecule has 1 N–H and O–H groups in total. The predicted octanol–water partition coefficient (Wildman–Crippen LogP) is 2.97. The monoisotopic (exact) mass is 225 g/mol. The summed E-state index contributed by atoms with van der Waals surface area (Å²) in [4.78, 5) is 0. The van der Waals surface area contributed by atoms with Gasteiger partial charge in [-0.25, -0.2) is 0 Å². The molecule has 0 radical (unpaired) electrons. The molecule has 94 valence electrons. The molecule has 0 aromatic rings. The van der Waals surface area contributed by atoms with E-state index >= 15 is 0 Å². The molecule has 1 aliphatic carbocycles. The van der Waals surface area contributed by atoms with E-state index in [0.29, 0.717) is 18.1 Å². The Bertz CT molecular complexity index is 217. The molecule has 2 aliphatic rings. The lowest BCUT2D eigenvalue weighted by Gasteiger charge is -2.32. The third-order valence-corrected chi connectivity index (χ3v) is 4.09. The largest absolute Gasteiger partial charge is 0.378 e. The van der Waals surface area contributed by atoms with Gasteiger partial charge in [0, 0.05) is 18.7 Å². The van der Waals surface area contributed by atoms with Gasteiger partial charge < -0.3 is 10.1 Å². The quantitative estimate of drug-likeness (QED) is 0.776. The molecule has 4 unspecified atom stereocenters. The van der Waals surface area contributed by atoms with Gasteiger partial charge >= 0.3 is 0 Å². The maximum Gasteiger partial charge on any atom is 0.0612 e. The van der Waals surface area contributed by atoms with Crippen LogP contribution in [0.25, 0.3) is 0 Å². The van der Waals surface area contributed by atoms with E-state index in [2.05, 4.69) is 26.1 Å². The van der Waals surface area contributed by atoms with Gasteiger partial charge in [0.2, 0.25) is 0 Å². The van der Waals surface area contributed by atoms with Crippen molar-refractivity contribution in [3.8, 4) is 0 Å². The van der Waals surface area contributed by atoms with Crippen molar-refractivity contribution < 1.29 is 4.74 Å². The normalized spacial score (nSPS) is 39.0. The van der Waals surface area contributed by atoms with Crippen molar-refractivity contribution in [2.75, 3.05) is 6.61 Å². The van der Waals surface area contributed by atoms with Crippen LogP contribution in [0.5, 0.6) is 0 Å². The first-order valence-electron chi connectivity index (χ1n) is 7.08.